The van der Waals surface area contributed by atoms with Gasteiger partial charge in [-0.1, -0.05) is 60.7 Å². The zero-order valence-corrected chi connectivity index (χ0v) is 22.6. The van der Waals surface area contributed by atoms with E-state index >= 15 is 0 Å². The molecule has 1 N–H and O–H groups in total. The van der Waals surface area contributed by atoms with Crippen LogP contribution in [0.3, 0.4) is 0 Å². The molecule has 1 unspecified atom stereocenters. The van der Waals surface area contributed by atoms with Gasteiger partial charge in [-0.25, -0.2) is 4.68 Å². The van der Waals surface area contributed by atoms with Crippen molar-refractivity contribution in [3.63, 3.8) is 0 Å². The highest BCUT2D eigenvalue weighted by Crippen LogP contribution is 2.28. The summed E-state index contributed by atoms with van der Waals surface area (Å²) >= 11 is 0. The molecular weight excluding hydrogens is 478 g/mol. The molecule has 0 fully saturated rings. The van der Waals surface area contributed by atoms with Crippen LogP contribution in [0.1, 0.15) is 49.9 Å². The van der Waals surface area contributed by atoms with Crippen LogP contribution in [0.2, 0.25) is 0 Å². The number of methoxy groups -OCH3 is 1. The summed E-state index contributed by atoms with van der Waals surface area (Å²) in [5.41, 5.74) is 3.62. The first-order valence-electron chi connectivity index (χ1n) is 12.8. The van der Waals surface area contributed by atoms with Gasteiger partial charge in [-0.05, 0) is 68.1 Å². The van der Waals surface area contributed by atoms with Crippen molar-refractivity contribution in [3.8, 4) is 5.75 Å². The lowest BCUT2D eigenvalue weighted by molar-refractivity contribution is -0.143. The second-order valence-corrected chi connectivity index (χ2v) is 10.1. The fraction of sp³-hybridized carbons (Fsp3) is 0.333. The van der Waals surface area contributed by atoms with E-state index in [0.29, 0.717) is 5.52 Å². The summed E-state index contributed by atoms with van der Waals surface area (Å²) in [6.07, 6.45) is 0.747. The van der Waals surface area contributed by atoms with Crippen LogP contribution in [0.15, 0.2) is 72.8 Å². The summed E-state index contributed by atoms with van der Waals surface area (Å²) in [6, 6.07) is 21.9. The molecule has 0 saturated carbocycles. The Morgan fingerprint density at radius 3 is 2.39 bits per heavy atom. The van der Waals surface area contributed by atoms with E-state index in [2.05, 4.69) is 15.6 Å². The molecule has 3 aromatic carbocycles. The summed E-state index contributed by atoms with van der Waals surface area (Å²) < 4.78 is 6.89. The van der Waals surface area contributed by atoms with Gasteiger partial charge in [-0.15, -0.1) is 5.10 Å². The van der Waals surface area contributed by atoms with Crippen LogP contribution in [-0.2, 0) is 22.7 Å². The van der Waals surface area contributed by atoms with Crippen molar-refractivity contribution in [2.24, 2.45) is 0 Å². The second-order valence-electron chi connectivity index (χ2n) is 10.1. The zero-order valence-electron chi connectivity index (χ0n) is 22.6. The van der Waals surface area contributed by atoms with Gasteiger partial charge in [0, 0.05) is 12.1 Å². The standard InChI is InChI=1S/C30H35N5O3/c1-6-30(3,4)31-29(37)28(24-12-8-7-11-21(24)2)34(19-22-15-17-23(38-5)18-16-22)27(36)20-35-26-14-10-9-13-25(26)32-33-35/h7-18,28H,6,19-20H2,1-5H3,(H,31,37). The molecule has 0 aliphatic heterocycles. The smallest absolute Gasteiger partial charge is 0.247 e. The predicted octanol–water partition coefficient (Wildman–Crippen LogP) is 4.82. The van der Waals surface area contributed by atoms with E-state index in [1.807, 2.05) is 100 Å². The molecule has 38 heavy (non-hydrogen) atoms. The van der Waals surface area contributed by atoms with Gasteiger partial charge >= 0.3 is 0 Å². The number of carbonyl (C=O) groups is 2. The topological polar surface area (TPSA) is 89.4 Å². The third-order valence-corrected chi connectivity index (χ3v) is 6.93. The minimum Gasteiger partial charge on any atom is -0.497 e. The third kappa shape index (κ3) is 6.02. The van der Waals surface area contributed by atoms with E-state index in [0.717, 1.165) is 34.4 Å². The largest absolute Gasteiger partial charge is 0.497 e. The Hall–Kier alpha value is -4.20. The molecule has 0 saturated heterocycles. The number of para-hydroxylation sites is 1. The number of nitrogens with one attached hydrogen (secondary N) is 1. The lowest BCUT2D eigenvalue weighted by Gasteiger charge is -2.35. The number of amides is 2. The first kappa shape index (κ1) is 26.9. The van der Waals surface area contributed by atoms with Gasteiger partial charge in [0.05, 0.1) is 12.6 Å². The summed E-state index contributed by atoms with van der Waals surface area (Å²) in [4.78, 5) is 29.7. The number of aryl methyl sites for hydroxylation is 1. The molecule has 0 aliphatic carbocycles. The lowest BCUT2D eigenvalue weighted by Crippen LogP contribution is -2.50. The van der Waals surface area contributed by atoms with Crippen LogP contribution in [0.5, 0.6) is 5.75 Å². The lowest BCUT2D eigenvalue weighted by atomic mass is 9.95. The van der Waals surface area contributed by atoms with Crippen molar-refractivity contribution in [3.05, 3.63) is 89.5 Å². The molecule has 1 heterocycles. The Bertz CT molecular complexity index is 1410. The number of ether oxygens (including phenoxy) is 1. The Labute approximate surface area is 223 Å². The van der Waals surface area contributed by atoms with E-state index in [1.165, 1.54) is 0 Å². The Morgan fingerprint density at radius 1 is 1.03 bits per heavy atom. The van der Waals surface area contributed by atoms with Gasteiger partial charge in [0.25, 0.3) is 0 Å². The average Bonchev–Trinajstić information content (AvgIpc) is 3.32. The summed E-state index contributed by atoms with van der Waals surface area (Å²) in [7, 11) is 1.61. The van der Waals surface area contributed by atoms with Gasteiger partial charge in [-0.3, -0.25) is 9.59 Å². The van der Waals surface area contributed by atoms with Gasteiger partial charge in [0.1, 0.15) is 23.9 Å². The number of aromatic nitrogens is 3. The van der Waals surface area contributed by atoms with Crippen molar-refractivity contribution >= 4 is 22.8 Å². The first-order chi connectivity index (χ1) is 18.2. The predicted molar refractivity (Wildman–Crippen MR) is 148 cm³/mol. The quantitative estimate of drug-likeness (QED) is 0.328. The molecule has 1 atom stereocenters. The Balaban J connectivity index is 1.78. The highest BCUT2D eigenvalue weighted by Gasteiger charge is 2.35. The number of fused-ring (bicyclic) bond motifs is 1. The van der Waals surface area contributed by atoms with E-state index in [-0.39, 0.29) is 24.9 Å². The fourth-order valence-electron chi connectivity index (χ4n) is 4.34. The van der Waals surface area contributed by atoms with E-state index in [4.69, 9.17) is 4.74 Å². The maximum absolute atomic E-state index is 14.1. The molecule has 198 valence electrons. The number of carbonyl (C=O) groups excluding carboxylic acids is 2. The summed E-state index contributed by atoms with van der Waals surface area (Å²) in [5.74, 6) is 0.254. The van der Waals surface area contributed by atoms with Crippen molar-refractivity contribution in [1.82, 2.24) is 25.2 Å². The normalized spacial score (nSPS) is 12.2. The Morgan fingerprint density at radius 2 is 1.71 bits per heavy atom. The van der Waals surface area contributed by atoms with E-state index in [1.54, 1.807) is 16.7 Å². The van der Waals surface area contributed by atoms with Gasteiger partial charge < -0.3 is 15.0 Å². The average molecular weight is 514 g/mol. The van der Waals surface area contributed by atoms with Gasteiger partial charge in [-0.2, -0.15) is 0 Å². The monoisotopic (exact) mass is 513 g/mol. The van der Waals surface area contributed by atoms with Crippen LogP contribution in [0, 0.1) is 6.92 Å². The number of rotatable bonds is 10. The minimum atomic E-state index is -0.841. The SMILES string of the molecule is CCC(C)(C)NC(=O)C(c1ccccc1C)N(Cc1ccc(OC)cc1)C(=O)Cn1nnc2ccccc21. The third-order valence-electron chi connectivity index (χ3n) is 6.93. The van der Waals surface area contributed by atoms with Crippen molar-refractivity contribution < 1.29 is 14.3 Å². The molecule has 8 heteroatoms. The van der Waals surface area contributed by atoms with Crippen LogP contribution < -0.4 is 10.1 Å². The molecule has 0 spiro atoms. The summed E-state index contributed by atoms with van der Waals surface area (Å²) in [6.45, 7) is 8.13. The van der Waals surface area contributed by atoms with Crippen LogP contribution in [-0.4, -0.2) is 44.4 Å². The Kier molecular flexibility index (Phi) is 8.10. The van der Waals surface area contributed by atoms with Gasteiger partial charge in [0.15, 0.2) is 0 Å². The molecule has 2 amide bonds. The number of benzene rings is 3. The number of nitrogens with zero attached hydrogens (tertiary/aromatic N) is 4. The van der Waals surface area contributed by atoms with E-state index in [9.17, 15) is 9.59 Å². The molecule has 4 rings (SSSR count). The van der Waals surface area contributed by atoms with Crippen molar-refractivity contribution in [2.45, 2.75) is 58.8 Å². The molecule has 4 aromatic rings. The number of hydrogen-bond acceptors (Lipinski definition) is 5. The highest BCUT2D eigenvalue weighted by molar-refractivity contribution is 5.90. The molecule has 0 aliphatic rings. The maximum atomic E-state index is 14.1. The molecule has 0 radical (unpaired) electrons. The van der Waals surface area contributed by atoms with Crippen LogP contribution in [0.4, 0.5) is 0 Å². The van der Waals surface area contributed by atoms with Crippen LogP contribution >= 0.6 is 0 Å². The molecule has 8 nitrogen and oxygen atoms in total. The molecule has 1 aromatic heterocycles. The minimum absolute atomic E-state index is 0.0521. The molecule has 0 bridgehead atoms. The van der Waals surface area contributed by atoms with Crippen LogP contribution in [0.25, 0.3) is 11.0 Å². The first-order valence-corrected chi connectivity index (χ1v) is 12.8. The van der Waals surface area contributed by atoms with E-state index < -0.39 is 11.6 Å². The zero-order chi connectivity index (χ0) is 27.3. The van der Waals surface area contributed by atoms with Crippen molar-refractivity contribution in [2.75, 3.05) is 7.11 Å². The molecular formula is C30H35N5O3. The van der Waals surface area contributed by atoms with Gasteiger partial charge in [0.2, 0.25) is 11.8 Å². The van der Waals surface area contributed by atoms with Crippen molar-refractivity contribution in [1.29, 1.82) is 0 Å². The second kappa shape index (κ2) is 11.5. The summed E-state index contributed by atoms with van der Waals surface area (Å²) in [5, 5.41) is 11.6. The number of hydrogen-bond donors (Lipinski definition) is 1. The highest BCUT2D eigenvalue weighted by atomic mass is 16.5. The maximum Gasteiger partial charge on any atom is 0.247 e. The fourth-order valence-corrected chi connectivity index (χ4v) is 4.34.